The predicted molar refractivity (Wildman–Crippen MR) is 275 cm³/mol. The van der Waals surface area contributed by atoms with Gasteiger partial charge in [0.2, 0.25) is 0 Å². The van der Waals surface area contributed by atoms with Crippen LogP contribution in [0.15, 0.2) is 231 Å². The molecule has 13 rings (SSSR count). The smallest absolute Gasteiger partial charge is 0.164 e. The van der Waals surface area contributed by atoms with Crippen LogP contribution >= 0.6 is 0 Å². The summed E-state index contributed by atoms with van der Waals surface area (Å²) in [6, 6.07) is 82.0. The van der Waals surface area contributed by atoms with Gasteiger partial charge in [0.15, 0.2) is 17.5 Å². The molecule has 0 N–H and O–H groups in total. The summed E-state index contributed by atoms with van der Waals surface area (Å²) in [5.74, 6) is 1.91. The fourth-order valence-corrected chi connectivity index (χ4v) is 9.69. The fourth-order valence-electron chi connectivity index (χ4n) is 9.69. The lowest BCUT2D eigenvalue weighted by Crippen LogP contribution is -2.00. The van der Waals surface area contributed by atoms with Crippen molar-refractivity contribution in [1.29, 1.82) is 0 Å². The van der Waals surface area contributed by atoms with Gasteiger partial charge in [0.1, 0.15) is 0 Å². The minimum Gasteiger partial charge on any atom is -0.247 e. The van der Waals surface area contributed by atoms with Gasteiger partial charge < -0.3 is 0 Å². The van der Waals surface area contributed by atoms with E-state index in [0.29, 0.717) is 17.5 Å². The molecule has 4 heteroatoms. The lowest BCUT2D eigenvalue weighted by Gasteiger charge is -2.16. The molecule has 0 fully saturated rings. The first-order chi connectivity index (χ1) is 32.7. The highest BCUT2D eigenvalue weighted by molar-refractivity contribution is 6.25. The minimum atomic E-state index is 0.631. The quantitative estimate of drug-likeness (QED) is 0.157. The maximum absolute atomic E-state index is 5.35. The van der Waals surface area contributed by atoms with Gasteiger partial charge in [0, 0.05) is 38.4 Å². The van der Waals surface area contributed by atoms with Crippen molar-refractivity contribution >= 4 is 64.8 Å². The van der Waals surface area contributed by atoms with Gasteiger partial charge in [-0.15, -0.1) is 0 Å². The molecular weight excluding hydrogens is 801 g/mol. The van der Waals surface area contributed by atoms with E-state index in [1.807, 2.05) is 0 Å². The predicted octanol–water partition coefficient (Wildman–Crippen LogP) is 16.2. The van der Waals surface area contributed by atoms with Gasteiger partial charge in [-0.05, 0) is 95.7 Å². The van der Waals surface area contributed by atoms with Gasteiger partial charge in [0.25, 0.3) is 0 Å². The largest absolute Gasteiger partial charge is 0.247 e. The Morgan fingerprint density at radius 2 is 0.621 bits per heavy atom. The number of hydrogen-bond acceptors (Lipinski definition) is 4. The SMILES string of the molecule is c1ccc2cc(-c3nc(-c4ccc(-c5ccc(-c6cc7c(-c8ccc9ccccc9c8)nc8ccccc8c7c7ccccc67)cc5)cc4)nc(-c4ccc5ccccc5c4)n3)ccc2c1. The molecule has 13 aromatic rings. The highest BCUT2D eigenvalue weighted by atomic mass is 15.0. The Hall–Kier alpha value is -8.86. The maximum Gasteiger partial charge on any atom is 0.164 e. The van der Waals surface area contributed by atoms with Gasteiger partial charge in [0.05, 0.1) is 11.2 Å². The van der Waals surface area contributed by atoms with Crippen molar-refractivity contribution < 1.29 is 0 Å². The molecule has 306 valence electrons. The number of aromatic nitrogens is 4. The molecule has 0 bridgehead atoms. The Balaban J connectivity index is 0.888. The average molecular weight is 839 g/mol. The monoisotopic (exact) mass is 838 g/mol. The van der Waals surface area contributed by atoms with E-state index in [4.69, 9.17) is 19.9 Å². The molecule has 0 atom stereocenters. The van der Waals surface area contributed by atoms with Crippen LogP contribution in [0.5, 0.6) is 0 Å². The maximum atomic E-state index is 5.35. The van der Waals surface area contributed by atoms with Crippen molar-refractivity contribution in [2.45, 2.75) is 0 Å². The van der Waals surface area contributed by atoms with E-state index in [-0.39, 0.29) is 0 Å². The number of rotatable bonds is 6. The topological polar surface area (TPSA) is 51.6 Å². The van der Waals surface area contributed by atoms with E-state index in [2.05, 4.69) is 231 Å². The Labute approximate surface area is 381 Å². The van der Waals surface area contributed by atoms with Gasteiger partial charge in [-0.3, -0.25) is 0 Å². The third-order valence-electron chi connectivity index (χ3n) is 13.1. The second kappa shape index (κ2) is 15.4. The van der Waals surface area contributed by atoms with Crippen LogP contribution in [0.2, 0.25) is 0 Å². The third-order valence-corrected chi connectivity index (χ3v) is 13.1. The summed E-state index contributed by atoms with van der Waals surface area (Å²) in [4.78, 5) is 20.6. The fraction of sp³-hybridized carbons (Fsp3) is 0. The summed E-state index contributed by atoms with van der Waals surface area (Å²) in [6.07, 6.45) is 0. The van der Waals surface area contributed by atoms with Gasteiger partial charge >= 0.3 is 0 Å². The normalized spacial score (nSPS) is 11.6. The zero-order valence-corrected chi connectivity index (χ0v) is 35.7. The van der Waals surface area contributed by atoms with E-state index in [1.165, 1.54) is 43.3 Å². The Morgan fingerprint density at radius 1 is 0.227 bits per heavy atom. The third kappa shape index (κ3) is 6.55. The molecule has 0 saturated heterocycles. The molecule has 2 heterocycles. The van der Waals surface area contributed by atoms with Crippen LogP contribution in [0.25, 0.3) is 132 Å². The average Bonchev–Trinajstić information content (AvgIpc) is 3.40. The molecule has 0 aliphatic carbocycles. The van der Waals surface area contributed by atoms with Crippen LogP contribution in [-0.4, -0.2) is 19.9 Å². The second-order valence-corrected chi connectivity index (χ2v) is 17.0. The van der Waals surface area contributed by atoms with Gasteiger partial charge in [-0.1, -0.05) is 200 Å². The minimum absolute atomic E-state index is 0.631. The molecule has 4 nitrogen and oxygen atoms in total. The summed E-state index contributed by atoms with van der Waals surface area (Å²) < 4.78 is 0. The molecule has 2 aromatic heterocycles. The number of fused-ring (bicyclic) bond motifs is 8. The summed E-state index contributed by atoms with van der Waals surface area (Å²) >= 11 is 0. The molecule has 0 unspecified atom stereocenters. The first-order valence-corrected chi connectivity index (χ1v) is 22.4. The van der Waals surface area contributed by atoms with Crippen molar-refractivity contribution in [3.63, 3.8) is 0 Å². The Morgan fingerprint density at radius 3 is 1.18 bits per heavy atom. The highest BCUT2D eigenvalue weighted by Gasteiger charge is 2.18. The molecule has 11 aromatic carbocycles. The van der Waals surface area contributed by atoms with Crippen LogP contribution < -0.4 is 0 Å². The van der Waals surface area contributed by atoms with Crippen LogP contribution in [0.4, 0.5) is 0 Å². The lowest BCUT2D eigenvalue weighted by atomic mass is 9.89. The van der Waals surface area contributed by atoms with E-state index in [9.17, 15) is 0 Å². The van der Waals surface area contributed by atoms with Crippen LogP contribution in [0.3, 0.4) is 0 Å². The Kier molecular flexibility index (Phi) is 8.81. The van der Waals surface area contributed by atoms with Crippen molar-refractivity contribution in [2.24, 2.45) is 0 Å². The number of nitrogens with zero attached hydrogens (tertiary/aromatic N) is 4. The molecule has 0 radical (unpaired) electrons. The van der Waals surface area contributed by atoms with E-state index >= 15 is 0 Å². The van der Waals surface area contributed by atoms with Crippen molar-refractivity contribution in [3.8, 4) is 67.7 Å². The molecular formula is C62H38N4. The van der Waals surface area contributed by atoms with E-state index < -0.39 is 0 Å². The summed E-state index contributed by atoms with van der Waals surface area (Å²) in [6.45, 7) is 0. The van der Waals surface area contributed by atoms with Gasteiger partial charge in [-0.2, -0.15) is 0 Å². The molecule has 0 aliphatic rings. The first kappa shape index (κ1) is 37.7. The number of hydrogen-bond donors (Lipinski definition) is 0. The highest BCUT2D eigenvalue weighted by Crippen LogP contribution is 2.42. The zero-order chi connectivity index (χ0) is 43.6. The van der Waals surface area contributed by atoms with Crippen LogP contribution in [0, 0.1) is 0 Å². The molecule has 0 saturated carbocycles. The van der Waals surface area contributed by atoms with Gasteiger partial charge in [-0.25, -0.2) is 19.9 Å². The van der Waals surface area contributed by atoms with Crippen molar-refractivity contribution in [3.05, 3.63) is 231 Å². The lowest BCUT2D eigenvalue weighted by molar-refractivity contribution is 1.08. The van der Waals surface area contributed by atoms with E-state index in [1.54, 1.807) is 0 Å². The van der Waals surface area contributed by atoms with Crippen molar-refractivity contribution in [1.82, 2.24) is 19.9 Å². The molecule has 66 heavy (non-hydrogen) atoms. The standard InChI is InChI=1S/C62H38N4/c1-4-14-46-35-49(32-25-39(46)11-1)59-56-38-55(52-17-7-8-18-53(52)58(56)54-19-9-10-20-57(54)63-59)44-28-21-42(22-29-44)43-23-30-45(31-24-43)60-64-61(50-33-26-40-12-2-5-15-47(40)36-50)66-62(65-60)51-34-27-41-13-3-6-16-48(41)37-51/h1-38H. The number of para-hydroxylation sites is 1. The van der Waals surface area contributed by atoms with Crippen LogP contribution in [-0.2, 0) is 0 Å². The summed E-state index contributed by atoms with van der Waals surface area (Å²) in [7, 11) is 0. The first-order valence-electron chi connectivity index (χ1n) is 22.4. The van der Waals surface area contributed by atoms with E-state index in [0.717, 1.165) is 71.7 Å². The van der Waals surface area contributed by atoms with Crippen LogP contribution in [0.1, 0.15) is 0 Å². The number of pyridine rings is 1. The molecule has 0 aliphatic heterocycles. The summed E-state index contributed by atoms with van der Waals surface area (Å²) in [5, 5.41) is 13.0. The molecule has 0 amide bonds. The summed E-state index contributed by atoms with van der Waals surface area (Å²) in [5.41, 5.74) is 10.5. The zero-order valence-electron chi connectivity index (χ0n) is 35.7. The van der Waals surface area contributed by atoms with Crippen molar-refractivity contribution in [2.75, 3.05) is 0 Å². The molecule has 0 spiro atoms. The second-order valence-electron chi connectivity index (χ2n) is 17.0. The Bertz CT molecular complexity index is 3950. The number of benzene rings is 11.